The lowest BCUT2D eigenvalue weighted by atomic mass is 9.96. The highest BCUT2D eigenvalue weighted by atomic mass is 32.1. The largest absolute Gasteiger partial charge is 0.347 e. The molecule has 0 atom stereocenters. The molecule has 0 radical (unpaired) electrons. The average molecular weight is 280 g/mol. The van der Waals surface area contributed by atoms with Gasteiger partial charge in [0.15, 0.2) is 0 Å². The van der Waals surface area contributed by atoms with Crippen LogP contribution in [0.25, 0.3) is 0 Å². The smallest absolute Gasteiger partial charge is 0.242 e. The lowest BCUT2D eigenvalue weighted by molar-refractivity contribution is -0.135. The number of carbonyl (C=O) groups excluding carboxylic acids is 2. The van der Waals surface area contributed by atoms with Gasteiger partial charge in [-0.15, -0.1) is 11.3 Å². The van der Waals surface area contributed by atoms with Gasteiger partial charge in [0.25, 0.3) is 0 Å². The summed E-state index contributed by atoms with van der Waals surface area (Å²) >= 11 is 1.75. The number of carbonyl (C=O) groups is 2. The van der Waals surface area contributed by atoms with Crippen LogP contribution in [0.1, 0.15) is 31.2 Å². The minimum absolute atomic E-state index is 0.00514. The predicted molar refractivity (Wildman–Crippen MR) is 75.9 cm³/mol. The van der Waals surface area contributed by atoms with Crippen molar-refractivity contribution in [3.63, 3.8) is 0 Å². The molecule has 0 spiro atoms. The third-order valence-electron chi connectivity index (χ3n) is 3.24. The van der Waals surface area contributed by atoms with E-state index in [9.17, 15) is 9.59 Å². The highest BCUT2D eigenvalue weighted by Gasteiger charge is 2.24. The molecule has 1 N–H and O–H groups in total. The molecule has 1 aliphatic rings. The summed E-state index contributed by atoms with van der Waals surface area (Å²) in [4.78, 5) is 27.0. The van der Waals surface area contributed by atoms with Crippen LogP contribution in [0, 0.1) is 5.41 Å². The van der Waals surface area contributed by atoms with Gasteiger partial charge in [0, 0.05) is 23.4 Å². The molecule has 2 amide bonds. The number of fused-ring (bicyclic) bond motifs is 1. The van der Waals surface area contributed by atoms with Gasteiger partial charge >= 0.3 is 0 Å². The molecule has 0 aromatic carbocycles. The molecule has 0 saturated heterocycles. The number of amides is 2. The van der Waals surface area contributed by atoms with Crippen LogP contribution in [0.15, 0.2) is 11.4 Å². The van der Waals surface area contributed by atoms with E-state index in [0.29, 0.717) is 6.54 Å². The number of thiophene rings is 1. The van der Waals surface area contributed by atoms with Crippen molar-refractivity contribution in [2.75, 3.05) is 13.1 Å². The van der Waals surface area contributed by atoms with E-state index in [1.54, 1.807) is 11.3 Å². The number of nitrogens with one attached hydrogen (secondary N) is 1. The van der Waals surface area contributed by atoms with E-state index < -0.39 is 5.41 Å². The zero-order valence-corrected chi connectivity index (χ0v) is 12.5. The Labute approximate surface area is 117 Å². The Balaban J connectivity index is 1.87. The molecule has 104 valence electrons. The second-order valence-electron chi connectivity index (χ2n) is 5.87. The highest BCUT2D eigenvalue weighted by Crippen LogP contribution is 2.23. The Morgan fingerprint density at radius 1 is 1.42 bits per heavy atom. The fraction of sp³-hybridized carbons (Fsp3) is 0.571. The third kappa shape index (κ3) is 3.35. The van der Waals surface area contributed by atoms with Crippen LogP contribution >= 0.6 is 11.3 Å². The molecule has 1 aromatic rings. The molecule has 0 saturated carbocycles. The van der Waals surface area contributed by atoms with Gasteiger partial charge in [0.05, 0.1) is 6.54 Å². The van der Waals surface area contributed by atoms with E-state index in [1.807, 2.05) is 25.7 Å². The van der Waals surface area contributed by atoms with Crippen LogP contribution in [-0.4, -0.2) is 29.8 Å². The first-order chi connectivity index (χ1) is 8.88. The Morgan fingerprint density at radius 2 is 2.16 bits per heavy atom. The maximum atomic E-state index is 12.1. The summed E-state index contributed by atoms with van der Waals surface area (Å²) in [6.45, 7) is 7.03. The Morgan fingerprint density at radius 3 is 2.84 bits per heavy atom. The van der Waals surface area contributed by atoms with E-state index in [2.05, 4.69) is 16.8 Å². The second-order valence-corrected chi connectivity index (χ2v) is 6.87. The number of nitrogens with zero attached hydrogens (tertiary/aromatic N) is 1. The molecular formula is C14H20N2O2S. The van der Waals surface area contributed by atoms with Gasteiger partial charge in [-0.1, -0.05) is 20.8 Å². The zero-order chi connectivity index (χ0) is 14.0. The molecule has 0 unspecified atom stereocenters. The molecule has 1 aliphatic heterocycles. The van der Waals surface area contributed by atoms with Crippen LogP contribution < -0.4 is 5.32 Å². The van der Waals surface area contributed by atoms with Gasteiger partial charge in [0.1, 0.15) is 0 Å². The standard InChI is InChI=1S/C14H20N2O2S/c1-14(2,3)13(18)15-8-12(17)16-6-4-11-10(9-16)5-7-19-11/h5,7H,4,6,8-9H2,1-3H3,(H,15,18). The van der Waals surface area contributed by atoms with Gasteiger partial charge in [-0.05, 0) is 23.4 Å². The van der Waals surface area contributed by atoms with Crippen molar-refractivity contribution in [3.8, 4) is 0 Å². The summed E-state index contributed by atoms with van der Waals surface area (Å²) in [6.07, 6.45) is 0.923. The molecule has 0 aliphatic carbocycles. The summed E-state index contributed by atoms with van der Waals surface area (Å²) in [5.41, 5.74) is 0.787. The minimum atomic E-state index is -0.456. The molecule has 5 heteroatoms. The summed E-state index contributed by atoms with van der Waals surface area (Å²) in [5, 5.41) is 4.78. The first-order valence-electron chi connectivity index (χ1n) is 6.49. The number of hydrogen-bond acceptors (Lipinski definition) is 3. The van der Waals surface area contributed by atoms with E-state index in [4.69, 9.17) is 0 Å². The molecule has 2 heterocycles. The van der Waals surface area contributed by atoms with Crippen molar-refractivity contribution < 1.29 is 9.59 Å². The van der Waals surface area contributed by atoms with Crippen molar-refractivity contribution in [1.82, 2.24) is 10.2 Å². The Bertz CT molecular complexity index is 488. The van der Waals surface area contributed by atoms with E-state index in [0.717, 1.165) is 13.0 Å². The summed E-state index contributed by atoms with van der Waals surface area (Å²) in [5.74, 6) is -0.0940. The average Bonchev–Trinajstić information content (AvgIpc) is 2.81. The number of hydrogen-bond donors (Lipinski definition) is 1. The monoisotopic (exact) mass is 280 g/mol. The summed E-state index contributed by atoms with van der Waals surface area (Å²) in [6, 6.07) is 2.08. The molecule has 0 bridgehead atoms. The summed E-state index contributed by atoms with van der Waals surface area (Å²) in [7, 11) is 0. The fourth-order valence-corrected chi connectivity index (χ4v) is 2.88. The van der Waals surface area contributed by atoms with Crippen LogP contribution in [-0.2, 0) is 22.6 Å². The van der Waals surface area contributed by atoms with Gasteiger partial charge in [0.2, 0.25) is 11.8 Å². The zero-order valence-electron chi connectivity index (χ0n) is 11.7. The molecule has 2 rings (SSSR count). The van der Waals surface area contributed by atoms with Crippen LogP contribution in [0.4, 0.5) is 0 Å². The van der Waals surface area contributed by atoms with Gasteiger partial charge in [-0.2, -0.15) is 0 Å². The van der Waals surface area contributed by atoms with Crippen molar-refractivity contribution in [2.45, 2.75) is 33.7 Å². The minimum Gasteiger partial charge on any atom is -0.347 e. The van der Waals surface area contributed by atoms with E-state index in [-0.39, 0.29) is 18.4 Å². The van der Waals surface area contributed by atoms with Crippen molar-refractivity contribution in [1.29, 1.82) is 0 Å². The molecular weight excluding hydrogens is 260 g/mol. The predicted octanol–water partition coefficient (Wildman–Crippen LogP) is 1.80. The van der Waals surface area contributed by atoms with Crippen molar-refractivity contribution in [3.05, 3.63) is 21.9 Å². The van der Waals surface area contributed by atoms with Crippen molar-refractivity contribution >= 4 is 23.2 Å². The summed E-state index contributed by atoms with van der Waals surface area (Å²) < 4.78 is 0. The highest BCUT2D eigenvalue weighted by molar-refractivity contribution is 7.10. The Kier molecular flexibility index (Phi) is 3.94. The second kappa shape index (κ2) is 5.33. The van der Waals surface area contributed by atoms with Gasteiger partial charge < -0.3 is 10.2 Å². The number of rotatable bonds is 2. The lowest BCUT2D eigenvalue weighted by Gasteiger charge is -2.27. The van der Waals surface area contributed by atoms with Crippen LogP contribution in [0.3, 0.4) is 0 Å². The maximum absolute atomic E-state index is 12.1. The Hall–Kier alpha value is -1.36. The quantitative estimate of drug-likeness (QED) is 0.898. The lowest BCUT2D eigenvalue weighted by Crippen LogP contribution is -2.44. The van der Waals surface area contributed by atoms with Gasteiger partial charge in [-0.25, -0.2) is 0 Å². The SMILES string of the molecule is CC(C)(C)C(=O)NCC(=O)N1CCc2sccc2C1. The normalized spacial score (nSPS) is 15.0. The molecule has 0 fully saturated rings. The van der Waals surface area contributed by atoms with Crippen molar-refractivity contribution in [2.24, 2.45) is 5.41 Å². The first kappa shape index (κ1) is 14.1. The van der Waals surface area contributed by atoms with Gasteiger partial charge in [-0.3, -0.25) is 9.59 Å². The molecule has 4 nitrogen and oxygen atoms in total. The first-order valence-corrected chi connectivity index (χ1v) is 7.37. The third-order valence-corrected chi connectivity index (χ3v) is 4.26. The van der Waals surface area contributed by atoms with E-state index >= 15 is 0 Å². The van der Waals surface area contributed by atoms with E-state index in [1.165, 1.54) is 10.4 Å². The van der Waals surface area contributed by atoms with Crippen LogP contribution in [0.5, 0.6) is 0 Å². The van der Waals surface area contributed by atoms with Crippen LogP contribution in [0.2, 0.25) is 0 Å². The topological polar surface area (TPSA) is 49.4 Å². The molecule has 1 aromatic heterocycles. The maximum Gasteiger partial charge on any atom is 0.242 e. The fourth-order valence-electron chi connectivity index (χ4n) is 1.99. The molecule has 19 heavy (non-hydrogen) atoms.